The molecule has 0 bridgehead atoms. The van der Waals surface area contributed by atoms with Gasteiger partial charge in [-0.2, -0.15) is 0 Å². The Hall–Kier alpha value is -6.64. The molecule has 0 spiro atoms. The molecule has 10 rings (SSSR count). The third kappa shape index (κ3) is 5.11. The molecule has 0 unspecified atom stereocenters. The van der Waals surface area contributed by atoms with Crippen LogP contribution in [-0.2, 0) is 0 Å². The van der Waals surface area contributed by atoms with Crippen LogP contribution in [0.1, 0.15) is 12.8 Å². The minimum absolute atomic E-state index is 1.00. The Balaban J connectivity index is 1.07. The smallest absolute Gasteiger partial charge is 0.0547 e. The summed E-state index contributed by atoms with van der Waals surface area (Å²) < 4.78 is 2.46. The molecule has 2 heteroatoms. The number of hydrogen-bond donors (Lipinski definition) is 0. The molecule has 2 nitrogen and oxygen atoms in total. The van der Waals surface area contributed by atoms with Crippen LogP contribution < -0.4 is 4.90 Å². The van der Waals surface area contributed by atoms with Gasteiger partial charge < -0.3 is 9.47 Å². The molecular formula is C50H36N2. The van der Waals surface area contributed by atoms with Gasteiger partial charge in [-0.15, -0.1) is 0 Å². The van der Waals surface area contributed by atoms with Crippen LogP contribution in [0.4, 0.5) is 11.4 Å². The summed E-state index contributed by atoms with van der Waals surface area (Å²) in [5.74, 6) is 0. The maximum Gasteiger partial charge on any atom is 0.0547 e. The van der Waals surface area contributed by atoms with Crippen LogP contribution in [0.2, 0.25) is 0 Å². The van der Waals surface area contributed by atoms with E-state index >= 15 is 0 Å². The highest BCUT2D eigenvalue weighted by molar-refractivity contribution is 6.15. The first-order valence-corrected chi connectivity index (χ1v) is 18.2. The Kier molecular flexibility index (Phi) is 7.32. The van der Waals surface area contributed by atoms with Crippen molar-refractivity contribution in [3.8, 4) is 27.9 Å². The van der Waals surface area contributed by atoms with Crippen LogP contribution >= 0.6 is 0 Å². The molecule has 1 heterocycles. The van der Waals surface area contributed by atoms with Crippen molar-refractivity contribution >= 4 is 54.7 Å². The monoisotopic (exact) mass is 664 g/mol. The summed E-state index contributed by atoms with van der Waals surface area (Å²) in [4.78, 5) is 2.41. The second-order valence-electron chi connectivity index (χ2n) is 13.7. The van der Waals surface area contributed by atoms with Gasteiger partial charge in [0.25, 0.3) is 0 Å². The molecule has 0 N–H and O–H groups in total. The van der Waals surface area contributed by atoms with E-state index in [1.807, 2.05) is 0 Å². The van der Waals surface area contributed by atoms with Crippen molar-refractivity contribution in [1.29, 1.82) is 0 Å². The summed E-state index contributed by atoms with van der Waals surface area (Å²) in [6.45, 7) is 0. The van der Waals surface area contributed by atoms with E-state index in [0.29, 0.717) is 0 Å². The van der Waals surface area contributed by atoms with Gasteiger partial charge in [0.05, 0.1) is 16.7 Å². The maximum atomic E-state index is 2.46. The van der Waals surface area contributed by atoms with E-state index < -0.39 is 0 Å². The molecule has 1 aliphatic rings. The van der Waals surface area contributed by atoms with E-state index in [1.54, 1.807) is 0 Å². The first-order valence-electron chi connectivity index (χ1n) is 18.2. The largest absolute Gasteiger partial charge is 0.314 e. The molecular weight excluding hydrogens is 629 g/mol. The minimum atomic E-state index is 1.00. The summed E-state index contributed by atoms with van der Waals surface area (Å²) in [6.07, 6.45) is 8.74. The van der Waals surface area contributed by atoms with Gasteiger partial charge in [0, 0.05) is 33.2 Å². The van der Waals surface area contributed by atoms with Crippen LogP contribution in [0, 0.1) is 0 Å². The average Bonchev–Trinajstić information content (AvgIpc) is 3.54. The van der Waals surface area contributed by atoms with Crippen molar-refractivity contribution in [3.05, 3.63) is 200 Å². The zero-order chi connectivity index (χ0) is 34.4. The standard InChI is InChI=1S/C50H36N2/c1-3-13-35(14-4-1)36-23-27-41(28-24-36)51(40-17-5-2-6-18-40)42-29-25-37(26-30-42)43-31-32-49(45-20-10-9-19-44(43)45)52-48-22-12-11-21-46(48)47-33-38-15-7-8-16-39(38)34-50(47)52/h1-5,7-17,19-34H,6,18H2. The highest BCUT2D eigenvalue weighted by atomic mass is 15.1. The van der Waals surface area contributed by atoms with Gasteiger partial charge in [0.1, 0.15) is 0 Å². The lowest BCUT2D eigenvalue weighted by atomic mass is 9.96. The fourth-order valence-electron chi connectivity index (χ4n) is 8.13. The van der Waals surface area contributed by atoms with Gasteiger partial charge in [-0.25, -0.2) is 0 Å². The number of anilines is 2. The second-order valence-corrected chi connectivity index (χ2v) is 13.7. The quantitative estimate of drug-likeness (QED) is 0.172. The van der Waals surface area contributed by atoms with Crippen LogP contribution in [0.15, 0.2) is 200 Å². The first kappa shape index (κ1) is 30.2. The molecule has 0 aliphatic heterocycles. The van der Waals surface area contributed by atoms with Gasteiger partial charge >= 0.3 is 0 Å². The summed E-state index contributed by atoms with van der Waals surface area (Å²) >= 11 is 0. The molecule has 0 atom stereocenters. The van der Waals surface area contributed by atoms with Crippen LogP contribution in [-0.4, -0.2) is 4.57 Å². The zero-order valence-electron chi connectivity index (χ0n) is 28.8. The zero-order valence-corrected chi connectivity index (χ0v) is 28.8. The third-order valence-electron chi connectivity index (χ3n) is 10.6. The van der Waals surface area contributed by atoms with E-state index in [2.05, 4.69) is 204 Å². The van der Waals surface area contributed by atoms with Crippen molar-refractivity contribution < 1.29 is 0 Å². The lowest BCUT2D eigenvalue weighted by Crippen LogP contribution is -2.17. The summed E-state index contributed by atoms with van der Waals surface area (Å²) in [6, 6.07) is 64.3. The Labute approximate surface area is 303 Å². The second kappa shape index (κ2) is 12.6. The summed E-state index contributed by atoms with van der Waals surface area (Å²) in [5, 5.41) is 7.55. The number of allylic oxidation sites excluding steroid dienone is 4. The average molecular weight is 665 g/mol. The SMILES string of the molecule is C1=CCCC(N(c2ccc(-c3ccccc3)cc2)c2ccc(-c3ccc(-n4c5ccccc5c5cc6ccccc6cc54)c4ccccc34)cc2)=C1. The molecule has 0 radical (unpaired) electrons. The lowest BCUT2D eigenvalue weighted by Gasteiger charge is -2.29. The van der Waals surface area contributed by atoms with Gasteiger partial charge in [0.2, 0.25) is 0 Å². The highest BCUT2D eigenvalue weighted by Crippen LogP contribution is 2.40. The van der Waals surface area contributed by atoms with Crippen molar-refractivity contribution in [2.75, 3.05) is 4.90 Å². The topological polar surface area (TPSA) is 8.17 Å². The molecule has 0 saturated heterocycles. The van der Waals surface area contributed by atoms with Crippen molar-refractivity contribution in [2.45, 2.75) is 12.8 Å². The molecule has 1 aliphatic carbocycles. The van der Waals surface area contributed by atoms with Crippen LogP contribution in [0.25, 0.3) is 71.3 Å². The van der Waals surface area contributed by atoms with Crippen molar-refractivity contribution in [1.82, 2.24) is 4.57 Å². The maximum absolute atomic E-state index is 2.46. The lowest BCUT2D eigenvalue weighted by molar-refractivity contribution is 0.918. The molecule has 9 aromatic rings. The Morgan fingerprint density at radius 3 is 1.79 bits per heavy atom. The summed E-state index contributed by atoms with van der Waals surface area (Å²) in [7, 11) is 0. The number of hydrogen-bond acceptors (Lipinski definition) is 1. The van der Waals surface area contributed by atoms with E-state index in [0.717, 1.165) is 18.5 Å². The molecule has 246 valence electrons. The predicted octanol–water partition coefficient (Wildman–Crippen LogP) is 13.8. The van der Waals surface area contributed by atoms with Crippen molar-refractivity contribution in [3.63, 3.8) is 0 Å². The van der Waals surface area contributed by atoms with Gasteiger partial charge in [0.15, 0.2) is 0 Å². The van der Waals surface area contributed by atoms with E-state index in [9.17, 15) is 0 Å². The molecule has 0 fully saturated rings. The Morgan fingerprint density at radius 2 is 1.06 bits per heavy atom. The molecule has 8 aromatic carbocycles. The van der Waals surface area contributed by atoms with Crippen LogP contribution in [0.5, 0.6) is 0 Å². The number of rotatable bonds is 6. The number of nitrogens with zero attached hydrogens (tertiary/aromatic N) is 2. The van der Waals surface area contributed by atoms with E-state index in [4.69, 9.17) is 0 Å². The normalized spacial score (nSPS) is 12.9. The Morgan fingerprint density at radius 1 is 0.442 bits per heavy atom. The number of benzene rings is 8. The highest BCUT2D eigenvalue weighted by Gasteiger charge is 2.19. The first-order chi connectivity index (χ1) is 25.8. The molecule has 52 heavy (non-hydrogen) atoms. The number of aromatic nitrogens is 1. The number of fused-ring (bicyclic) bond motifs is 5. The van der Waals surface area contributed by atoms with E-state index in [1.165, 1.54) is 82.7 Å². The van der Waals surface area contributed by atoms with E-state index in [-0.39, 0.29) is 0 Å². The van der Waals surface area contributed by atoms with Crippen molar-refractivity contribution in [2.24, 2.45) is 0 Å². The van der Waals surface area contributed by atoms with Gasteiger partial charge in [-0.1, -0.05) is 140 Å². The Bertz CT molecular complexity index is 2820. The number of para-hydroxylation sites is 1. The summed E-state index contributed by atoms with van der Waals surface area (Å²) in [5.41, 5.74) is 12.2. The third-order valence-corrected chi connectivity index (χ3v) is 10.6. The molecule has 0 amide bonds. The predicted molar refractivity (Wildman–Crippen MR) is 222 cm³/mol. The fourth-order valence-corrected chi connectivity index (χ4v) is 8.13. The van der Waals surface area contributed by atoms with Gasteiger partial charge in [-0.05, 0) is 106 Å². The van der Waals surface area contributed by atoms with Gasteiger partial charge in [-0.3, -0.25) is 0 Å². The van der Waals surface area contributed by atoms with Crippen LogP contribution in [0.3, 0.4) is 0 Å². The molecule has 1 aromatic heterocycles. The molecule has 0 saturated carbocycles. The minimum Gasteiger partial charge on any atom is -0.314 e. The fraction of sp³-hybridized carbons (Fsp3) is 0.0400.